The first-order valence-electron chi connectivity index (χ1n) is 10.1. The second kappa shape index (κ2) is 11.4. The van der Waals surface area contributed by atoms with Crippen LogP contribution < -0.4 is 0 Å². The van der Waals surface area contributed by atoms with Gasteiger partial charge in [0, 0.05) is 0 Å². The molecule has 0 heterocycles. The Morgan fingerprint density at radius 3 is 1.33 bits per heavy atom. The van der Waals surface area contributed by atoms with Crippen molar-refractivity contribution in [1.29, 1.82) is 0 Å². The van der Waals surface area contributed by atoms with Gasteiger partial charge in [-0.05, 0) is 48.4 Å². The van der Waals surface area contributed by atoms with Crippen LogP contribution in [0.4, 0.5) is 0 Å². The zero-order chi connectivity index (χ0) is 18.9. The first-order chi connectivity index (χ1) is 11.3. The maximum absolute atomic E-state index is 10.9. The van der Waals surface area contributed by atoms with Crippen molar-refractivity contribution in [1.82, 2.24) is 0 Å². The fourth-order valence-corrected chi connectivity index (χ4v) is 21.4. The Morgan fingerprint density at radius 1 is 0.625 bits per heavy atom. The summed E-state index contributed by atoms with van der Waals surface area (Å²) in [6.07, 6.45) is 0. The van der Waals surface area contributed by atoms with Crippen LogP contribution in [0, 0.1) is 0 Å². The fourth-order valence-electron chi connectivity index (χ4n) is 2.98. The summed E-state index contributed by atoms with van der Waals surface area (Å²) in [6, 6.07) is 7.51. The molecule has 0 aliphatic rings. The third kappa shape index (κ3) is 6.79. The van der Waals surface area contributed by atoms with Gasteiger partial charge in [-0.3, -0.25) is 0 Å². The lowest BCUT2D eigenvalue weighted by molar-refractivity contribution is 0.273. The summed E-state index contributed by atoms with van der Waals surface area (Å²) in [4.78, 5) is 10.9. The quantitative estimate of drug-likeness (QED) is 0.398. The van der Waals surface area contributed by atoms with Crippen molar-refractivity contribution in [2.24, 2.45) is 0 Å². The monoisotopic (exact) mass is 410 g/mol. The van der Waals surface area contributed by atoms with Gasteiger partial charge in [0.05, 0.1) is 0 Å². The van der Waals surface area contributed by atoms with E-state index in [9.17, 15) is 4.80 Å². The average molecular weight is 411 g/mol. The predicted octanol–water partition coefficient (Wildman–Crippen LogP) is 5.24. The van der Waals surface area contributed by atoms with E-state index in [1.807, 2.05) is 13.8 Å². The van der Waals surface area contributed by atoms with Crippen LogP contribution in [0.15, 0.2) is 0 Å². The highest BCUT2D eigenvalue weighted by Crippen LogP contribution is 2.33. The highest BCUT2D eigenvalue weighted by atomic mass is 28.5. The SMILES string of the molecule is CC[SiH](CC)O[Si](CC)(CC)O[Si](CC)(CC)O[Si](O)(CC)CC. The average Bonchev–Trinajstić information content (AvgIpc) is 2.64. The molecule has 0 aromatic rings. The van der Waals surface area contributed by atoms with E-state index in [0.29, 0.717) is 0 Å². The Hall–Kier alpha value is 0.708. The molecule has 24 heavy (non-hydrogen) atoms. The van der Waals surface area contributed by atoms with Crippen molar-refractivity contribution < 1.29 is 17.1 Å². The molecular weight excluding hydrogens is 369 g/mol. The molecule has 0 bridgehead atoms. The molecule has 0 amide bonds. The lowest BCUT2D eigenvalue weighted by atomic mass is 10.9. The van der Waals surface area contributed by atoms with Crippen LogP contribution in [0.1, 0.15) is 55.4 Å². The fraction of sp³-hybridized carbons (Fsp3) is 1.00. The third-order valence-corrected chi connectivity index (χ3v) is 22.7. The molecule has 0 atom stereocenters. The molecule has 146 valence electrons. The van der Waals surface area contributed by atoms with Gasteiger partial charge in [0.25, 0.3) is 0 Å². The van der Waals surface area contributed by atoms with E-state index in [2.05, 4.69) is 41.5 Å². The highest BCUT2D eigenvalue weighted by molar-refractivity contribution is 6.88. The van der Waals surface area contributed by atoms with Crippen molar-refractivity contribution in [3.05, 3.63) is 0 Å². The predicted molar refractivity (Wildman–Crippen MR) is 114 cm³/mol. The molecule has 0 aromatic heterocycles. The highest BCUT2D eigenvalue weighted by Gasteiger charge is 2.49. The molecule has 0 aliphatic carbocycles. The molecule has 0 aromatic carbocycles. The Kier molecular flexibility index (Phi) is 11.8. The molecule has 0 fully saturated rings. The molecule has 0 rings (SSSR count). The van der Waals surface area contributed by atoms with Gasteiger partial charge in [0.15, 0.2) is 9.04 Å². The van der Waals surface area contributed by atoms with Crippen LogP contribution in [-0.4, -0.2) is 39.5 Å². The minimum absolute atomic E-state index is 0.733. The van der Waals surface area contributed by atoms with E-state index in [1.54, 1.807) is 0 Å². The Balaban J connectivity index is 5.54. The van der Waals surface area contributed by atoms with Gasteiger partial charge < -0.3 is 17.1 Å². The van der Waals surface area contributed by atoms with Gasteiger partial charge in [-0.1, -0.05) is 55.4 Å². The van der Waals surface area contributed by atoms with Gasteiger partial charge >= 0.3 is 25.7 Å². The van der Waals surface area contributed by atoms with Gasteiger partial charge in [0.1, 0.15) is 0 Å². The van der Waals surface area contributed by atoms with Gasteiger partial charge in [-0.25, -0.2) is 0 Å². The van der Waals surface area contributed by atoms with Crippen molar-refractivity contribution in [2.75, 3.05) is 0 Å². The van der Waals surface area contributed by atoms with Crippen LogP contribution in [0.5, 0.6) is 0 Å². The summed E-state index contributed by atoms with van der Waals surface area (Å²) in [7, 11) is -8.48. The number of hydrogen-bond acceptors (Lipinski definition) is 4. The molecular formula is C16H42O4Si4. The molecule has 8 heteroatoms. The molecule has 0 saturated carbocycles. The Morgan fingerprint density at radius 2 is 1.04 bits per heavy atom. The van der Waals surface area contributed by atoms with E-state index in [4.69, 9.17) is 12.3 Å². The van der Waals surface area contributed by atoms with Crippen LogP contribution in [0.25, 0.3) is 0 Å². The normalized spacial score (nSPS) is 13.8. The number of hydrogen-bond donors (Lipinski definition) is 1. The molecule has 0 unspecified atom stereocenters. The smallest absolute Gasteiger partial charge is 0.326 e. The summed E-state index contributed by atoms with van der Waals surface area (Å²) in [5.41, 5.74) is 0. The molecule has 4 nitrogen and oxygen atoms in total. The lowest BCUT2D eigenvalue weighted by Crippen LogP contribution is -2.60. The largest absolute Gasteiger partial charge is 0.439 e. The summed E-state index contributed by atoms with van der Waals surface area (Å²) in [5.74, 6) is 0. The van der Waals surface area contributed by atoms with Crippen LogP contribution in [0.3, 0.4) is 0 Å². The first kappa shape index (κ1) is 24.7. The standard InChI is InChI=1S/C16H42O4Si4/c1-9-21(10-2)18-23(13-5,14-6)20-24(15-7,16-8)19-22(17,11-3)12-4/h17,21H,9-16H2,1-8H3. The maximum Gasteiger partial charge on any atom is 0.326 e. The second-order valence-corrected chi connectivity index (χ2v) is 21.9. The molecule has 0 radical (unpaired) electrons. The topological polar surface area (TPSA) is 47.9 Å². The van der Waals surface area contributed by atoms with E-state index in [1.165, 1.54) is 0 Å². The lowest BCUT2D eigenvalue weighted by Gasteiger charge is -2.44. The zero-order valence-corrected chi connectivity index (χ0v) is 21.6. The second-order valence-electron chi connectivity index (χ2n) is 6.65. The van der Waals surface area contributed by atoms with Gasteiger partial charge in [0.2, 0.25) is 0 Å². The summed E-state index contributed by atoms with van der Waals surface area (Å²) in [6.45, 7) is 17.3. The van der Waals surface area contributed by atoms with Crippen molar-refractivity contribution in [3.8, 4) is 0 Å². The summed E-state index contributed by atoms with van der Waals surface area (Å²) in [5, 5.41) is 0. The van der Waals surface area contributed by atoms with Crippen LogP contribution >= 0.6 is 0 Å². The molecule has 0 aliphatic heterocycles. The molecule has 0 saturated heterocycles. The maximum atomic E-state index is 10.9. The zero-order valence-electron chi connectivity index (χ0n) is 17.4. The Labute approximate surface area is 155 Å². The van der Waals surface area contributed by atoms with E-state index >= 15 is 0 Å². The van der Waals surface area contributed by atoms with Crippen molar-refractivity contribution in [2.45, 2.75) is 104 Å². The van der Waals surface area contributed by atoms with Crippen molar-refractivity contribution in [3.63, 3.8) is 0 Å². The minimum atomic E-state index is -2.64. The van der Waals surface area contributed by atoms with E-state index in [-0.39, 0.29) is 0 Å². The molecule has 1 N–H and O–H groups in total. The van der Waals surface area contributed by atoms with Gasteiger partial charge in [-0.15, -0.1) is 0 Å². The summed E-state index contributed by atoms with van der Waals surface area (Å²) >= 11 is 0. The van der Waals surface area contributed by atoms with Crippen molar-refractivity contribution >= 4 is 34.7 Å². The van der Waals surface area contributed by atoms with E-state index < -0.39 is 34.7 Å². The van der Waals surface area contributed by atoms with Crippen LogP contribution in [-0.2, 0) is 12.3 Å². The Bertz CT molecular complexity index is 328. The van der Waals surface area contributed by atoms with Crippen LogP contribution in [0.2, 0.25) is 48.4 Å². The third-order valence-electron chi connectivity index (χ3n) is 5.30. The summed E-state index contributed by atoms with van der Waals surface area (Å²) < 4.78 is 20.1. The van der Waals surface area contributed by atoms with E-state index in [0.717, 1.165) is 48.4 Å². The van der Waals surface area contributed by atoms with Gasteiger partial charge in [-0.2, -0.15) is 0 Å². The first-order valence-corrected chi connectivity index (χ1v) is 18.9. The minimum Gasteiger partial charge on any atom is -0.439 e. The number of rotatable bonds is 14. The molecule has 0 spiro atoms.